The molecule has 3 rings (SSSR count). The second-order valence-corrected chi connectivity index (χ2v) is 5.30. The van der Waals surface area contributed by atoms with E-state index >= 15 is 0 Å². The Morgan fingerprint density at radius 2 is 2.15 bits per heavy atom. The molecule has 4 nitrogen and oxygen atoms in total. The molecule has 0 saturated carbocycles. The fraction of sp³-hybridized carbons (Fsp3) is 0.438. The predicted molar refractivity (Wildman–Crippen MR) is 76.5 cm³/mol. The van der Waals surface area contributed by atoms with Crippen molar-refractivity contribution in [3.05, 3.63) is 52.3 Å². The van der Waals surface area contributed by atoms with E-state index in [1.54, 1.807) is 0 Å². The summed E-state index contributed by atoms with van der Waals surface area (Å²) in [5.41, 5.74) is 5.48. The monoisotopic (exact) mass is 272 g/mol. The minimum atomic E-state index is 0.0414. The van der Waals surface area contributed by atoms with E-state index in [0.717, 1.165) is 30.0 Å². The van der Waals surface area contributed by atoms with E-state index in [1.165, 1.54) is 11.1 Å². The zero-order valence-corrected chi connectivity index (χ0v) is 12.0. The normalized spacial score (nSPS) is 18.1. The van der Waals surface area contributed by atoms with E-state index in [0.29, 0.717) is 6.54 Å². The molecule has 1 N–H and O–H groups in total. The van der Waals surface area contributed by atoms with Crippen molar-refractivity contribution in [3.8, 4) is 0 Å². The molecular weight excluding hydrogens is 252 g/mol. The summed E-state index contributed by atoms with van der Waals surface area (Å²) >= 11 is 0. The van der Waals surface area contributed by atoms with Crippen LogP contribution in [0.1, 0.15) is 34.2 Å². The number of aromatic nitrogens is 2. The van der Waals surface area contributed by atoms with Crippen LogP contribution in [0.15, 0.2) is 24.3 Å². The van der Waals surface area contributed by atoms with Gasteiger partial charge in [0.05, 0.1) is 25.5 Å². The fourth-order valence-corrected chi connectivity index (χ4v) is 2.93. The Morgan fingerprint density at radius 1 is 1.35 bits per heavy atom. The third-order valence-corrected chi connectivity index (χ3v) is 4.12. The fourth-order valence-electron chi connectivity index (χ4n) is 2.93. The number of aliphatic hydroxyl groups excluding tert-OH is 1. The average Bonchev–Trinajstić information content (AvgIpc) is 2.73. The van der Waals surface area contributed by atoms with E-state index in [-0.39, 0.29) is 12.7 Å². The third-order valence-electron chi connectivity index (χ3n) is 4.12. The highest BCUT2D eigenvalue weighted by atomic mass is 16.5. The van der Waals surface area contributed by atoms with Crippen molar-refractivity contribution in [2.75, 3.05) is 6.61 Å². The van der Waals surface area contributed by atoms with Crippen LogP contribution < -0.4 is 0 Å². The van der Waals surface area contributed by atoms with Crippen LogP contribution in [0, 0.1) is 13.8 Å². The van der Waals surface area contributed by atoms with E-state index < -0.39 is 0 Å². The van der Waals surface area contributed by atoms with E-state index in [2.05, 4.69) is 29.4 Å². The summed E-state index contributed by atoms with van der Waals surface area (Å²) in [6.45, 7) is 5.43. The molecule has 1 aliphatic rings. The van der Waals surface area contributed by atoms with Gasteiger partial charge in [-0.15, -0.1) is 0 Å². The van der Waals surface area contributed by atoms with Gasteiger partial charge in [-0.2, -0.15) is 5.10 Å². The van der Waals surface area contributed by atoms with E-state index in [9.17, 15) is 5.11 Å². The highest BCUT2D eigenvalue weighted by molar-refractivity contribution is 5.31. The molecule has 2 heterocycles. The molecule has 106 valence electrons. The molecular formula is C16H20N2O2. The van der Waals surface area contributed by atoms with Crippen molar-refractivity contribution in [1.29, 1.82) is 0 Å². The molecule has 0 bridgehead atoms. The number of fused-ring (bicyclic) bond motifs is 1. The van der Waals surface area contributed by atoms with E-state index in [1.807, 2.05) is 18.5 Å². The summed E-state index contributed by atoms with van der Waals surface area (Å²) in [4.78, 5) is 0. The van der Waals surface area contributed by atoms with Crippen LogP contribution in [0.3, 0.4) is 0 Å². The van der Waals surface area contributed by atoms with Crippen LogP contribution in [-0.2, 0) is 24.3 Å². The molecule has 0 spiro atoms. The van der Waals surface area contributed by atoms with Crippen LogP contribution >= 0.6 is 0 Å². The lowest BCUT2D eigenvalue weighted by Gasteiger charge is -2.26. The summed E-state index contributed by atoms with van der Waals surface area (Å²) < 4.78 is 7.87. The van der Waals surface area contributed by atoms with Crippen molar-refractivity contribution in [2.24, 2.45) is 0 Å². The van der Waals surface area contributed by atoms with Crippen LogP contribution in [0.25, 0.3) is 0 Å². The molecule has 2 aromatic rings. The van der Waals surface area contributed by atoms with Gasteiger partial charge in [0, 0.05) is 11.3 Å². The first kappa shape index (κ1) is 13.3. The van der Waals surface area contributed by atoms with Gasteiger partial charge in [-0.05, 0) is 31.4 Å². The molecule has 1 aliphatic heterocycles. The number of ether oxygens (including phenoxy) is 1. The topological polar surface area (TPSA) is 47.3 Å². The highest BCUT2D eigenvalue weighted by Crippen LogP contribution is 2.29. The van der Waals surface area contributed by atoms with Gasteiger partial charge in [-0.25, -0.2) is 0 Å². The van der Waals surface area contributed by atoms with Gasteiger partial charge in [-0.3, -0.25) is 4.68 Å². The molecule has 0 aliphatic carbocycles. The second-order valence-electron chi connectivity index (χ2n) is 5.30. The Morgan fingerprint density at radius 3 is 2.90 bits per heavy atom. The zero-order chi connectivity index (χ0) is 14.1. The van der Waals surface area contributed by atoms with Crippen LogP contribution in [-0.4, -0.2) is 21.5 Å². The first-order valence-corrected chi connectivity index (χ1v) is 7.04. The lowest BCUT2D eigenvalue weighted by atomic mass is 9.97. The quantitative estimate of drug-likeness (QED) is 0.932. The van der Waals surface area contributed by atoms with Gasteiger partial charge in [-0.1, -0.05) is 24.3 Å². The number of aliphatic hydroxyl groups is 1. The van der Waals surface area contributed by atoms with Gasteiger partial charge in [0.1, 0.15) is 6.10 Å². The lowest BCUT2D eigenvalue weighted by molar-refractivity contribution is 0.0278. The van der Waals surface area contributed by atoms with Crippen LogP contribution in [0.5, 0.6) is 0 Å². The predicted octanol–water partition coefficient (Wildman–Crippen LogP) is 2.31. The second kappa shape index (κ2) is 5.38. The molecule has 4 heteroatoms. The number of hydrogen-bond acceptors (Lipinski definition) is 3. The van der Waals surface area contributed by atoms with Crippen LogP contribution in [0.4, 0.5) is 0 Å². The Bertz CT molecular complexity index is 619. The van der Waals surface area contributed by atoms with Crippen molar-refractivity contribution < 1.29 is 9.84 Å². The van der Waals surface area contributed by atoms with Crippen LogP contribution in [0.2, 0.25) is 0 Å². The maximum atomic E-state index is 9.39. The molecule has 1 unspecified atom stereocenters. The van der Waals surface area contributed by atoms with E-state index in [4.69, 9.17) is 4.74 Å². The zero-order valence-electron chi connectivity index (χ0n) is 12.0. The lowest BCUT2D eigenvalue weighted by Crippen LogP contribution is -2.21. The molecule has 1 atom stereocenters. The summed E-state index contributed by atoms with van der Waals surface area (Å²) in [6.07, 6.45) is 1.02. The summed E-state index contributed by atoms with van der Waals surface area (Å²) in [5.74, 6) is 0. The van der Waals surface area contributed by atoms with Crippen molar-refractivity contribution in [2.45, 2.75) is 39.5 Å². The molecule has 0 fully saturated rings. The first-order chi connectivity index (χ1) is 9.70. The maximum absolute atomic E-state index is 9.39. The maximum Gasteiger partial charge on any atom is 0.102 e. The van der Waals surface area contributed by atoms with Gasteiger partial charge >= 0.3 is 0 Å². The standard InChI is InChI=1S/C16H20N2O2/c1-11-15(10-19)12(2)18(17-11)9-16-14-6-4-3-5-13(14)7-8-20-16/h3-6,16,19H,7-10H2,1-2H3. The minimum absolute atomic E-state index is 0.0414. The number of nitrogens with zero attached hydrogens (tertiary/aromatic N) is 2. The average molecular weight is 272 g/mol. The minimum Gasteiger partial charge on any atom is -0.392 e. The molecule has 20 heavy (non-hydrogen) atoms. The summed E-state index contributed by atoms with van der Waals surface area (Å²) in [6, 6.07) is 8.44. The smallest absolute Gasteiger partial charge is 0.102 e. The third kappa shape index (κ3) is 2.25. The number of aryl methyl sites for hydroxylation is 1. The van der Waals surface area contributed by atoms with Gasteiger partial charge in [0.2, 0.25) is 0 Å². The number of hydrogen-bond donors (Lipinski definition) is 1. The van der Waals surface area contributed by atoms with Gasteiger partial charge in [0.25, 0.3) is 0 Å². The Balaban J connectivity index is 1.89. The Labute approximate surface area is 119 Å². The van der Waals surface area contributed by atoms with Crippen molar-refractivity contribution in [3.63, 3.8) is 0 Å². The molecule has 0 radical (unpaired) electrons. The molecule has 0 amide bonds. The number of rotatable bonds is 3. The summed E-state index contributed by atoms with van der Waals surface area (Å²) in [7, 11) is 0. The summed E-state index contributed by atoms with van der Waals surface area (Å²) in [5, 5.41) is 13.9. The molecule has 0 saturated heterocycles. The first-order valence-electron chi connectivity index (χ1n) is 7.04. The highest BCUT2D eigenvalue weighted by Gasteiger charge is 2.22. The van der Waals surface area contributed by atoms with Crippen molar-refractivity contribution >= 4 is 0 Å². The Hall–Kier alpha value is -1.65. The van der Waals surface area contributed by atoms with Crippen molar-refractivity contribution in [1.82, 2.24) is 9.78 Å². The van der Waals surface area contributed by atoms with Gasteiger partial charge in [0.15, 0.2) is 0 Å². The van der Waals surface area contributed by atoms with Gasteiger partial charge < -0.3 is 9.84 Å². The SMILES string of the molecule is Cc1nn(CC2OCCc3ccccc32)c(C)c1CO. The number of benzene rings is 1. The molecule has 1 aromatic carbocycles. The molecule has 1 aromatic heterocycles. The Kier molecular flexibility index (Phi) is 3.59. The largest absolute Gasteiger partial charge is 0.392 e.